The summed E-state index contributed by atoms with van der Waals surface area (Å²) in [5.41, 5.74) is 6.87. The second-order valence-electron chi connectivity index (χ2n) is 5.96. The van der Waals surface area contributed by atoms with Crippen molar-refractivity contribution in [1.82, 2.24) is 10.0 Å². The van der Waals surface area contributed by atoms with Crippen molar-refractivity contribution >= 4 is 40.0 Å². The molecule has 0 aliphatic heterocycles. The van der Waals surface area contributed by atoms with Crippen LogP contribution in [0, 0.1) is 6.92 Å². The van der Waals surface area contributed by atoms with E-state index in [1.165, 1.54) is 19.3 Å². The van der Waals surface area contributed by atoms with Crippen molar-refractivity contribution in [3.63, 3.8) is 0 Å². The van der Waals surface area contributed by atoms with Crippen LogP contribution in [-0.2, 0) is 10.0 Å². The van der Waals surface area contributed by atoms with Crippen molar-refractivity contribution in [3.05, 3.63) is 29.8 Å². The van der Waals surface area contributed by atoms with Crippen molar-refractivity contribution < 1.29 is 8.42 Å². The molecule has 1 aliphatic rings. The van der Waals surface area contributed by atoms with Crippen molar-refractivity contribution in [2.45, 2.75) is 50.0 Å². The van der Waals surface area contributed by atoms with Gasteiger partial charge >= 0.3 is 0 Å². The monoisotopic (exact) mass is 466 g/mol. The number of hydrogen-bond donors (Lipinski definition) is 3. The van der Waals surface area contributed by atoms with E-state index in [-0.39, 0.29) is 35.4 Å². The molecule has 6 nitrogen and oxygen atoms in total. The number of aryl methyl sites for hydroxylation is 1. The maximum Gasteiger partial charge on any atom is 0.240 e. The number of benzene rings is 1. The van der Waals surface area contributed by atoms with Gasteiger partial charge in [-0.3, -0.25) is 4.99 Å². The second kappa shape index (κ2) is 10.2. The third kappa shape index (κ3) is 6.94. The topological polar surface area (TPSA) is 96.6 Å². The SMILES string of the molecule is Cc1ccc(S(=O)(=O)NCCN=C(N)NC2CCCCC2)cc1.I. The average molecular weight is 466 g/mol. The molecule has 0 spiro atoms. The van der Waals surface area contributed by atoms with E-state index in [9.17, 15) is 8.42 Å². The summed E-state index contributed by atoms with van der Waals surface area (Å²) in [7, 11) is -3.48. The number of halogens is 1. The summed E-state index contributed by atoms with van der Waals surface area (Å²) in [4.78, 5) is 4.45. The van der Waals surface area contributed by atoms with E-state index in [4.69, 9.17) is 5.73 Å². The van der Waals surface area contributed by atoms with Gasteiger partial charge in [-0.2, -0.15) is 0 Å². The maximum absolute atomic E-state index is 12.1. The van der Waals surface area contributed by atoms with Crippen LogP contribution in [0.4, 0.5) is 0 Å². The lowest BCUT2D eigenvalue weighted by molar-refractivity contribution is 0.412. The van der Waals surface area contributed by atoms with Crippen LogP contribution >= 0.6 is 24.0 Å². The summed E-state index contributed by atoms with van der Waals surface area (Å²) in [6, 6.07) is 7.15. The van der Waals surface area contributed by atoms with Gasteiger partial charge in [0.05, 0.1) is 11.4 Å². The second-order valence-corrected chi connectivity index (χ2v) is 7.72. The van der Waals surface area contributed by atoms with Crippen LogP contribution in [0.1, 0.15) is 37.7 Å². The number of nitrogens with zero attached hydrogens (tertiary/aromatic N) is 1. The van der Waals surface area contributed by atoms with Crippen LogP contribution in [0.2, 0.25) is 0 Å². The first-order valence-corrected chi connectivity index (χ1v) is 9.58. The van der Waals surface area contributed by atoms with Crippen LogP contribution in [0.5, 0.6) is 0 Å². The first-order valence-electron chi connectivity index (χ1n) is 8.10. The van der Waals surface area contributed by atoms with E-state index in [0.29, 0.717) is 18.5 Å². The molecule has 0 amide bonds. The molecular weight excluding hydrogens is 439 g/mol. The quantitative estimate of drug-likeness (QED) is 0.259. The molecule has 1 saturated carbocycles. The fourth-order valence-electron chi connectivity index (χ4n) is 2.66. The molecule has 1 aromatic carbocycles. The zero-order valence-corrected chi connectivity index (χ0v) is 17.1. The molecule has 136 valence electrons. The Balaban J connectivity index is 0.00000288. The molecule has 0 saturated heterocycles. The fourth-order valence-corrected chi connectivity index (χ4v) is 3.68. The summed E-state index contributed by atoms with van der Waals surface area (Å²) in [5.74, 6) is 0.395. The number of nitrogens with one attached hydrogen (secondary N) is 2. The zero-order valence-electron chi connectivity index (χ0n) is 14.0. The van der Waals surface area contributed by atoms with Gasteiger partial charge in [0.1, 0.15) is 0 Å². The summed E-state index contributed by atoms with van der Waals surface area (Å²) >= 11 is 0. The summed E-state index contributed by atoms with van der Waals surface area (Å²) in [6.45, 7) is 2.46. The first-order chi connectivity index (χ1) is 11.0. The molecule has 4 N–H and O–H groups in total. The number of nitrogens with two attached hydrogens (primary N) is 1. The lowest BCUT2D eigenvalue weighted by Crippen LogP contribution is -2.41. The molecule has 1 aromatic rings. The Kier molecular flexibility index (Phi) is 8.99. The summed E-state index contributed by atoms with van der Waals surface area (Å²) in [6.07, 6.45) is 5.98. The Labute approximate surface area is 161 Å². The number of sulfonamides is 1. The lowest BCUT2D eigenvalue weighted by Gasteiger charge is -2.23. The molecule has 2 rings (SSSR count). The first kappa shape index (κ1) is 21.2. The van der Waals surface area contributed by atoms with Crippen LogP contribution < -0.4 is 15.8 Å². The van der Waals surface area contributed by atoms with Gasteiger partial charge in [0.2, 0.25) is 10.0 Å². The highest BCUT2D eigenvalue weighted by Gasteiger charge is 2.14. The number of aliphatic imine (C=N–C) groups is 1. The van der Waals surface area contributed by atoms with E-state index in [1.807, 2.05) is 6.92 Å². The van der Waals surface area contributed by atoms with E-state index >= 15 is 0 Å². The highest BCUT2D eigenvalue weighted by Crippen LogP contribution is 2.17. The molecule has 0 heterocycles. The predicted molar refractivity (Wildman–Crippen MR) is 108 cm³/mol. The largest absolute Gasteiger partial charge is 0.370 e. The number of hydrogen-bond acceptors (Lipinski definition) is 3. The molecule has 1 aliphatic carbocycles. The van der Waals surface area contributed by atoms with Crippen LogP contribution in [-0.4, -0.2) is 33.5 Å². The smallest absolute Gasteiger partial charge is 0.240 e. The van der Waals surface area contributed by atoms with Crippen LogP contribution in [0.15, 0.2) is 34.2 Å². The van der Waals surface area contributed by atoms with Crippen molar-refractivity contribution in [1.29, 1.82) is 0 Å². The molecule has 24 heavy (non-hydrogen) atoms. The Morgan fingerprint density at radius 2 is 1.83 bits per heavy atom. The Morgan fingerprint density at radius 1 is 1.21 bits per heavy atom. The Bertz CT molecular complexity index is 626. The van der Waals surface area contributed by atoms with Crippen molar-refractivity contribution in [2.24, 2.45) is 10.7 Å². The van der Waals surface area contributed by atoms with E-state index in [1.54, 1.807) is 24.3 Å². The predicted octanol–water partition coefficient (Wildman–Crippen LogP) is 2.13. The van der Waals surface area contributed by atoms with E-state index < -0.39 is 10.0 Å². The molecule has 0 aromatic heterocycles. The highest BCUT2D eigenvalue weighted by molar-refractivity contribution is 14.0. The summed E-state index contributed by atoms with van der Waals surface area (Å²) in [5, 5.41) is 3.20. The summed E-state index contributed by atoms with van der Waals surface area (Å²) < 4.78 is 26.7. The zero-order chi connectivity index (χ0) is 16.7. The van der Waals surface area contributed by atoms with Gasteiger partial charge in [0.25, 0.3) is 0 Å². The molecule has 8 heteroatoms. The fraction of sp³-hybridized carbons (Fsp3) is 0.562. The van der Waals surface area contributed by atoms with E-state index in [2.05, 4.69) is 15.0 Å². The van der Waals surface area contributed by atoms with Crippen molar-refractivity contribution in [3.8, 4) is 0 Å². The number of rotatable bonds is 6. The van der Waals surface area contributed by atoms with Gasteiger partial charge in [-0.25, -0.2) is 13.1 Å². The molecule has 0 radical (unpaired) electrons. The van der Waals surface area contributed by atoms with E-state index in [0.717, 1.165) is 18.4 Å². The van der Waals surface area contributed by atoms with Gasteiger partial charge < -0.3 is 11.1 Å². The van der Waals surface area contributed by atoms with Crippen LogP contribution in [0.3, 0.4) is 0 Å². The standard InChI is InChI=1S/C16H26N4O2S.HI/c1-13-7-9-15(10-8-13)23(21,22)19-12-11-18-16(17)20-14-5-3-2-4-6-14;/h7-10,14,19H,2-6,11-12H2,1H3,(H3,17,18,20);1H. The minimum absolute atomic E-state index is 0. The van der Waals surface area contributed by atoms with Crippen molar-refractivity contribution in [2.75, 3.05) is 13.1 Å². The molecule has 0 bridgehead atoms. The lowest BCUT2D eigenvalue weighted by atomic mass is 9.96. The third-order valence-electron chi connectivity index (χ3n) is 3.97. The molecule has 0 unspecified atom stereocenters. The minimum atomic E-state index is -3.48. The molecular formula is C16H27IN4O2S. The van der Waals surface area contributed by atoms with Crippen LogP contribution in [0.25, 0.3) is 0 Å². The van der Waals surface area contributed by atoms with Gasteiger partial charge in [-0.05, 0) is 31.9 Å². The highest BCUT2D eigenvalue weighted by atomic mass is 127. The minimum Gasteiger partial charge on any atom is -0.370 e. The average Bonchev–Trinajstić information content (AvgIpc) is 2.53. The molecule has 1 fully saturated rings. The number of guanidine groups is 1. The van der Waals surface area contributed by atoms with Gasteiger partial charge in [-0.15, -0.1) is 24.0 Å². The van der Waals surface area contributed by atoms with Gasteiger partial charge in [0.15, 0.2) is 5.96 Å². The third-order valence-corrected chi connectivity index (χ3v) is 5.45. The Morgan fingerprint density at radius 3 is 2.46 bits per heavy atom. The Hall–Kier alpha value is -0.870. The maximum atomic E-state index is 12.1. The molecule has 0 atom stereocenters. The van der Waals surface area contributed by atoms with Gasteiger partial charge in [0, 0.05) is 12.6 Å². The van der Waals surface area contributed by atoms with Gasteiger partial charge in [-0.1, -0.05) is 37.0 Å². The normalized spacial score (nSPS) is 16.5.